The lowest BCUT2D eigenvalue weighted by Gasteiger charge is -2.18. The average Bonchev–Trinajstić information content (AvgIpc) is 2.83. The maximum atomic E-state index is 12.4. The molecule has 2 heterocycles. The molecule has 0 unspecified atom stereocenters. The second kappa shape index (κ2) is 5.99. The van der Waals surface area contributed by atoms with E-state index in [1.807, 2.05) is 17.0 Å². The van der Waals surface area contributed by atoms with Gasteiger partial charge in [0.2, 0.25) is 5.89 Å². The molecule has 0 aliphatic carbocycles. The summed E-state index contributed by atoms with van der Waals surface area (Å²) in [6.45, 7) is 1.62. The molecule has 21 heavy (non-hydrogen) atoms. The molecular weight excluding hydrogens is 266 g/mol. The molecule has 1 fully saturated rings. The molecule has 1 saturated heterocycles. The van der Waals surface area contributed by atoms with Crippen LogP contribution < -0.4 is 5.73 Å². The molecule has 0 saturated carbocycles. The number of nitrogens with two attached hydrogens (primary N) is 1. The van der Waals surface area contributed by atoms with Crippen molar-refractivity contribution in [2.24, 2.45) is 0 Å². The van der Waals surface area contributed by atoms with E-state index in [2.05, 4.69) is 4.98 Å². The fourth-order valence-corrected chi connectivity index (χ4v) is 2.57. The number of nitrogens with zero attached hydrogens (tertiary/aromatic N) is 2. The van der Waals surface area contributed by atoms with Crippen molar-refractivity contribution in [1.29, 1.82) is 0 Å². The summed E-state index contributed by atoms with van der Waals surface area (Å²) in [4.78, 5) is 18.6. The fourth-order valence-electron chi connectivity index (χ4n) is 2.57. The molecule has 2 N–H and O–H groups in total. The normalized spacial score (nSPS) is 15.7. The van der Waals surface area contributed by atoms with E-state index in [0.29, 0.717) is 17.3 Å². The first kappa shape index (κ1) is 13.7. The van der Waals surface area contributed by atoms with E-state index in [9.17, 15) is 4.79 Å². The van der Waals surface area contributed by atoms with E-state index >= 15 is 0 Å². The first-order chi connectivity index (χ1) is 10.2. The van der Waals surface area contributed by atoms with E-state index in [4.69, 9.17) is 10.2 Å². The molecule has 1 amide bonds. The SMILES string of the molecule is Nc1ccc(-c2nc(C(=O)N3CCCCCC3)co2)cc1. The minimum Gasteiger partial charge on any atom is -0.444 e. The zero-order valence-corrected chi connectivity index (χ0v) is 11.9. The molecular formula is C16H19N3O2. The first-order valence-electron chi connectivity index (χ1n) is 7.35. The van der Waals surface area contributed by atoms with Crippen LogP contribution >= 0.6 is 0 Å². The quantitative estimate of drug-likeness (QED) is 0.861. The van der Waals surface area contributed by atoms with Crippen LogP contribution in [0.3, 0.4) is 0 Å². The van der Waals surface area contributed by atoms with Crippen LogP contribution in [0.2, 0.25) is 0 Å². The average molecular weight is 285 g/mol. The van der Waals surface area contributed by atoms with Gasteiger partial charge in [-0.2, -0.15) is 0 Å². The third kappa shape index (κ3) is 3.07. The Hall–Kier alpha value is -2.30. The minimum atomic E-state index is -0.0395. The summed E-state index contributed by atoms with van der Waals surface area (Å²) in [6, 6.07) is 7.24. The van der Waals surface area contributed by atoms with Gasteiger partial charge in [0.25, 0.3) is 5.91 Å². The molecule has 1 aromatic heterocycles. The lowest BCUT2D eigenvalue weighted by atomic mass is 10.2. The number of amides is 1. The topological polar surface area (TPSA) is 72.4 Å². The summed E-state index contributed by atoms with van der Waals surface area (Å²) in [6.07, 6.45) is 5.96. The Balaban J connectivity index is 1.77. The number of aromatic nitrogens is 1. The lowest BCUT2D eigenvalue weighted by Crippen LogP contribution is -2.32. The molecule has 5 nitrogen and oxygen atoms in total. The van der Waals surface area contributed by atoms with Gasteiger partial charge in [-0.3, -0.25) is 4.79 Å². The number of anilines is 1. The van der Waals surface area contributed by atoms with Gasteiger partial charge >= 0.3 is 0 Å². The van der Waals surface area contributed by atoms with Crippen LogP contribution in [0, 0.1) is 0 Å². The molecule has 1 aromatic carbocycles. The molecule has 5 heteroatoms. The lowest BCUT2D eigenvalue weighted by molar-refractivity contribution is 0.0756. The molecule has 2 aromatic rings. The van der Waals surface area contributed by atoms with Gasteiger partial charge in [0, 0.05) is 24.3 Å². The number of oxazole rings is 1. The second-order valence-electron chi connectivity index (χ2n) is 5.37. The standard InChI is InChI=1S/C16H19N3O2/c17-13-7-5-12(6-8-13)15-18-14(11-21-15)16(20)19-9-3-1-2-4-10-19/h5-8,11H,1-4,9-10,17H2. The van der Waals surface area contributed by atoms with E-state index in [1.54, 1.807) is 12.1 Å². The molecule has 0 spiro atoms. The molecule has 3 rings (SSSR count). The highest BCUT2D eigenvalue weighted by molar-refractivity contribution is 5.92. The zero-order chi connectivity index (χ0) is 14.7. The van der Waals surface area contributed by atoms with E-state index in [-0.39, 0.29) is 5.91 Å². The highest BCUT2D eigenvalue weighted by Gasteiger charge is 2.21. The zero-order valence-electron chi connectivity index (χ0n) is 11.9. The number of carbonyl (C=O) groups excluding carboxylic acids is 1. The van der Waals surface area contributed by atoms with Crippen molar-refractivity contribution in [2.45, 2.75) is 25.7 Å². The first-order valence-corrected chi connectivity index (χ1v) is 7.35. The van der Waals surface area contributed by atoms with Crippen LogP contribution in [-0.2, 0) is 0 Å². The smallest absolute Gasteiger partial charge is 0.275 e. The van der Waals surface area contributed by atoms with Crippen LogP contribution in [0.25, 0.3) is 11.5 Å². The van der Waals surface area contributed by atoms with Gasteiger partial charge in [-0.15, -0.1) is 0 Å². The van der Waals surface area contributed by atoms with Gasteiger partial charge in [0.05, 0.1) is 0 Å². The highest BCUT2D eigenvalue weighted by atomic mass is 16.3. The number of hydrogen-bond donors (Lipinski definition) is 1. The van der Waals surface area contributed by atoms with E-state index in [1.165, 1.54) is 19.1 Å². The van der Waals surface area contributed by atoms with Crippen LogP contribution in [-0.4, -0.2) is 28.9 Å². The summed E-state index contributed by atoms with van der Waals surface area (Å²) in [7, 11) is 0. The third-order valence-corrected chi connectivity index (χ3v) is 3.77. The maximum absolute atomic E-state index is 12.4. The molecule has 1 aliphatic rings. The van der Waals surface area contributed by atoms with Crippen molar-refractivity contribution in [3.8, 4) is 11.5 Å². The molecule has 110 valence electrons. The van der Waals surface area contributed by atoms with E-state index < -0.39 is 0 Å². The maximum Gasteiger partial charge on any atom is 0.275 e. The van der Waals surface area contributed by atoms with Crippen molar-refractivity contribution < 1.29 is 9.21 Å². The Labute approximate surface area is 123 Å². The van der Waals surface area contributed by atoms with Crippen LogP contribution in [0.5, 0.6) is 0 Å². The molecule has 0 bridgehead atoms. The Morgan fingerprint density at radius 1 is 1.10 bits per heavy atom. The Kier molecular flexibility index (Phi) is 3.90. The Morgan fingerprint density at radius 2 is 1.76 bits per heavy atom. The number of rotatable bonds is 2. The van der Waals surface area contributed by atoms with Crippen molar-refractivity contribution in [3.05, 3.63) is 36.2 Å². The van der Waals surface area contributed by atoms with Crippen LogP contribution in [0.4, 0.5) is 5.69 Å². The Bertz CT molecular complexity index is 611. The summed E-state index contributed by atoms with van der Waals surface area (Å²) >= 11 is 0. The predicted octanol–water partition coefficient (Wildman–Crippen LogP) is 2.94. The summed E-state index contributed by atoms with van der Waals surface area (Å²) < 4.78 is 5.43. The van der Waals surface area contributed by atoms with Crippen LogP contribution in [0.1, 0.15) is 36.2 Å². The number of carbonyl (C=O) groups is 1. The minimum absolute atomic E-state index is 0.0395. The molecule has 0 atom stereocenters. The summed E-state index contributed by atoms with van der Waals surface area (Å²) in [5.74, 6) is 0.413. The van der Waals surface area contributed by atoms with Crippen molar-refractivity contribution in [3.63, 3.8) is 0 Å². The predicted molar refractivity (Wildman–Crippen MR) is 80.7 cm³/mol. The van der Waals surface area contributed by atoms with Gasteiger partial charge in [-0.05, 0) is 37.1 Å². The van der Waals surface area contributed by atoms with Crippen molar-refractivity contribution >= 4 is 11.6 Å². The van der Waals surface area contributed by atoms with Gasteiger partial charge in [-0.25, -0.2) is 4.98 Å². The van der Waals surface area contributed by atoms with Crippen LogP contribution in [0.15, 0.2) is 34.9 Å². The monoisotopic (exact) mass is 285 g/mol. The van der Waals surface area contributed by atoms with Gasteiger partial charge < -0.3 is 15.1 Å². The van der Waals surface area contributed by atoms with Gasteiger partial charge in [-0.1, -0.05) is 12.8 Å². The fraction of sp³-hybridized carbons (Fsp3) is 0.375. The highest BCUT2D eigenvalue weighted by Crippen LogP contribution is 2.21. The molecule has 1 aliphatic heterocycles. The number of likely N-dealkylation sites (tertiary alicyclic amines) is 1. The largest absolute Gasteiger partial charge is 0.444 e. The Morgan fingerprint density at radius 3 is 2.43 bits per heavy atom. The molecule has 0 radical (unpaired) electrons. The number of hydrogen-bond acceptors (Lipinski definition) is 4. The summed E-state index contributed by atoms with van der Waals surface area (Å²) in [5.41, 5.74) is 7.54. The second-order valence-corrected chi connectivity index (χ2v) is 5.37. The third-order valence-electron chi connectivity index (χ3n) is 3.77. The van der Waals surface area contributed by atoms with Crippen molar-refractivity contribution in [1.82, 2.24) is 9.88 Å². The number of benzene rings is 1. The van der Waals surface area contributed by atoms with Gasteiger partial charge in [0.1, 0.15) is 6.26 Å². The van der Waals surface area contributed by atoms with Crippen molar-refractivity contribution in [2.75, 3.05) is 18.8 Å². The van der Waals surface area contributed by atoms with E-state index in [0.717, 1.165) is 31.5 Å². The van der Waals surface area contributed by atoms with Gasteiger partial charge in [0.15, 0.2) is 5.69 Å². The number of nitrogen functional groups attached to an aromatic ring is 1. The summed E-state index contributed by atoms with van der Waals surface area (Å²) in [5, 5.41) is 0.